The summed E-state index contributed by atoms with van der Waals surface area (Å²) in [5.74, 6) is 0. The van der Waals surface area contributed by atoms with Gasteiger partial charge in [-0.3, -0.25) is 4.90 Å². The minimum Gasteiger partial charge on any atom is -0.380 e. The van der Waals surface area contributed by atoms with Crippen LogP contribution in [0.15, 0.2) is 24.3 Å². The SMILES string of the molecule is CCCNCCc1ccccc1CN1CCC(OC)C1. The number of nitrogens with zero attached hydrogens (tertiary/aromatic N) is 1. The standard InChI is InChI=1S/C17H28N2O/c1-3-10-18-11-8-15-6-4-5-7-16(15)13-19-12-9-17(14-19)20-2/h4-7,17-18H,3,8-14H2,1-2H3. The van der Waals surface area contributed by atoms with Gasteiger partial charge in [-0.15, -0.1) is 0 Å². The molecule has 0 radical (unpaired) electrons. The van der Waals surface area contributed by atoms with Crippen LogP contribution in [0.3, 0.4) is 0 Å². The van der Waals surface area contributed by atoms with Gasteiger partial charge in [-0.2, -0.15) is 0 Å². The van der Waals surface area contributed by atoms with Crippen molar-refractivity contribution in [3.05, 3.63) is 35.4 Å². The van der Waals surface area contributed by atoms with Crippen molar-refractivity contribution in [2.24, 2.45) is 0 Å². The second-order valence-corrected chi connectivity index (χ2v) is 5.65. The first kappa shape index (κ1) is 15.5. The average Bonchev–Trinajstić information content (AvgIpc) is 2.93. The third-order valence-corrected chi connectivity index (χ3v) is 4.07. The minimum atomic E-state index is 0.424. The molecule has 1 aliphatic rings. The molecule has 0 saturated carbocycles. The molecule has 2 rings (SSSR count). The van der Waals surface area contributed by atoms with Crippen LogP contribution in [0.5, 0.6) is 0 Å². The molecule has 112 valence electrons. The summed E-state index contributed by atoms with van der Waals surface area (Å²) in [6, 6.07) is 8.85. The van der Waals surface area contributed by atoms with Crippen molar-refractivity contribution < 1.29 is 4.74 Å². The van der Waals surface area contributed by atoms with Gasteiger partial charge in [0.1, 0.15) is 0 Å². The fourth-order valence-corrected chi connectivity index (χ4v) is 2.85. The quantitative estimate of drug-likeness (QED) is 0.738. The van der Waals surface area contributed by atoms with E-state index in [4.69, 9.17) is 4.74 Å². The van der Waals surface area contributed by atoms with E-state index in [2.05, 4.69) is 41.4 Å². The first-order chi connectivity index (χ1) is 9.83. The molecule has 1 aromatic carbocycles. The van der Waals surface area contributed by atoms with E-state index in [-0.39, 0.29) is 0 Å². The highest BCUT2D eigenvalue weighted by molar-refractivity contribution is 5.27. The maximum absolute atomic E-state index is 5.45. The molecule has 0 aromatic heterocycles. The van der Waals surface area contributed by atoms with Crippen molar-refractivity contribution in [3.8, 4) is 0 Å². The molecule has 1 unspecified atom stereocenters. The predicted molar refractivity (Wildman–Crippen MR) is 84.0 cm³/mol. The molecular formula is C17H28N2O. The van der Waals surface area contributed by atoms with E-state index >= 15 is 0 Å². The second kappa shape index (κ2) is 8.40. The van der Waals surface area contributed by atoms with Crippen LogP contribution < -0.4 is 5.32 Å². The summed E-state index contributed by atoms with van der Waals surface area (Å²) in [4.78, 5) is 2.51. The lowest BCUT2D eigenvalue weighted by molar-refractivity contribution is 0.107. The lowest BCUT2D eigenvalue weighted by Crippen LogP contribution is -2.24. The average molecular weight is 276 g/mol. The number of likely N-dealkylation sites (tertiary alicyclic amines) is 1. The Balaban J connectivity index is 1.87. The van der Waals surface area contributed by atoms with E-state index in [1.807, 2.05) is 7.11 Å². The van der Waals surface area contributed by atoms with Crippen molar-refractivity contribution >= 4 is 0 Å². The number of hydrogen-bond acceptors (Lipinski definition) is 3. The lowest BCUT2D eigenvalue weighted by Gasteiger charge is -2.18. The molecule has 3 nitrogen and oxygen atoms in total. The summed E-state index contributed by atoms with van der Waals surface area (Å²) < 4.78 is 5.45. The highest BCUT2D eigenvalue weighted by atomic mass is 16.5. The Morgan fingerprint density at radius 3 is 2.75 bits per heavy atom. The Hall–Kier alpha value is -0.900. The van der Waals surface area contributed by atoms with Crippen LogP contribution in [-0.4, -0.2) is 44.3 Å². The maximum Gasteiger partial charge on any atom is 0.0710 e. The van der Waals surface area contributed by atoms with Crippen LogP contribution >= 0.6 is 0 Å². The summed E-state index contributed by atoms with van der Waals surface area (Å²) >= 11 is 0. The molecule has 0 aliphatic carbocycles. The number of nitrogens with one attached hydrogen (secondary N) is 1. The zero-order valence-electron chi connectivity index (χ0n) is 12.9. The zero-order valence-corrected chi connectivity index (χ0v) is 12.9. The molecule has 3 heteroatoms. The maximum atomic E-state index is 5.45. The van der Waals surface area contributed by atoms with Gasteiger partial charge < -0.3 is 10.1 Å². The van der Waals surface area contributed by atoms with E-state index in [1.165, 1.54) is 17.5 Å². The largest absolute Gasteiger partial charge is 0.380 e. The van der Waals surface area contributed by atoms with Gasteiger partial charge in [0, 0.05) is 26.7 Å². The van der Waals surface area contributed by atoms with Gasteiger partial charge in [0.25, 0.3) is 0 Å². The van der Waals surface area contributed by atoms with Crippen LogP contribution in [0.2, 0.25) is 0 Å². The minimum absolute atomic E-state index is 0.424. The molecular weight excluding hydrogens is 248 g/mol. The Bertz CT molecular complexity index is 394. The summed E-state index contributed by atoms with van der Waals surface area (Å²) in [5, 5.41) is 3.49. The van der Waals surface area contributed by atoms with Crippen molar-refractivity contribution in [2.45, 2.75) is 38.8 Å². The van der Waals surface area contributed by atoms with E-state index in [0.29, 0.717) is 6.10 Å². The first-order valence-electron chi connectivity index (χ1n) is 7.86. The molecule has 1 fully saturated rings. The van der Waals surface area contributed by atoms with Gasteiger partial charge >= 0.3 is 0 Å². The number of methoxy groups -OCH3 is 1. The van der Waals surface area contributed by atoms with Crippen LogP contribution in [-0.2, 0) is 17.7 Å². The molecule has 0 spiro atoms. The van der Waals surface area contributed by atoms with E-state index < -0.39 is 0 Å². The summed E-state index contributed by atoms with van der Waals surface area (Å²) in [5.41, 5.74) is 2.96. The van der Waals surface area contributed by atoms with Crippen molar-refractivity contribution in [2.75, 3.05) is 33.3 Å². The topological polar surface area (TPSA) is 24.5 Å². The number of hydrogen-bond donors (Lipinski definition) is 1. The number of ether oxygens (including phenoxy) is 1. The van der Waals surface area contributed by atoms with E-state index in [1.54, 1.807) is 0 Å². The number of rotatable bonds is 8. The summed E-state index contributed by atoms with van der Waals surface area (Å²) in [6.45, 7) is 7.68. The van der Waals surface area contributed by atoms with Crippen molar-refractivity contribution in [1.82, 2.24) is 10.2 Å². The van der Waals surface area contributed by atoms with E-state index in [0.717, 1.165) is 45.6 Å². The van der Waals surface area contributed by atoms with Gasteiger partial charge in [-0.1, -0.05) is 31.2 Å². The fourth-order valence-electron chi connectivity index (χ4n) is 2.85. The molecule has 1 aliphatic heterocycles. The Morgan fingerprint density at radius 2 is 2.05 bits per heavy atom. The van der Waals surface area contributed by atoms with Gasteiger partial charge in [0.05, 0.1) is 6.10 Å². The first-order valence-corrected chi connectivity index (χ1v) is 7.86. The van der Waals surface area contributed by atoms with Crippen LogP contribution in [0.1, 0.15) is 30.9 Å². The number of benzene rings is 1. The van der Waals surface area contributed by atoms with Crippen molar-refractivity contribution in [1.29, 1.82) is 0 Å². The lowest BCUT2D eigenvalue weighted by atomic mass is 10.0. The normalized spacial score (nSPS) is 19.6. The van der Waals surface area contributed by atoms with Crippen LogP contribution in [0.25, 0.3) is 0 Å². The monoisotopic (exact) mass is 276 g/mol. The Labute approximate surface area is 123 Å². The molecule has 0 amide bonds. The molecule has 1 heterocycles. The molecule has 1 N–H and O–H groups in total. The summed E-state index contributed by atoms with van der Waals surface area (Å²) in [7, 11) is 1.82. The Morgan fingerprint density at radius 1 is 1.25 bits per heavy atom. The third kappa shape index (κ3) is 4.58. The van der Waals surface area contributed by atoms with Gasteiger partial charge in [0.2, 0.25) is 0 Å². The van der Waals surface area contributed by atoms with E-state index in [9.17, 15) is 0 Å². The molecule has 1 saturated heterocycles. The zero-order chi connectivity index (χ0) is 14.2. The van der Waals surface area contributed by atoms with Crippen molar-refractivity contribution in [3.63, 3.8) is 0 Å². The van der Waals surface area contributed by atoms with Gasteiger partial charge in [0.15, 0.2) is 0 Å². The van der Waals surface area contributed by atoms with Gasteiger partial charge in [-0.05, 0) is 43.5 Å². The second-order valence-electron chi connectivity index (χ2n) is 5.65. The molecule has 20 heavy (non-hydrogen) atoms. The molecule has 1 aromatic rings. The smallest absolute Gasteiger partial charge is 0.0710 e. The van der Waals surface area contributed by atoms with Gasteiger partial charge in [-0.25, -0.2) is 0 Å². The van der Waals surface area contributed by atoms with Crippen LogP contribution in [0.4, 0.5) is 0 Å². The molecule has 1 atom stereocenters. The predicted octanol–water partition coefficient (Wildman–Crippen LogP) is 2.45. The summed E-state index contributed by atoms with van der Waals surface area (Å²) in [6.07, 6.45) is 3.91. The third-order valence-electron chi connectivity index (χ3n) is 4.07. The fraction of sp³-hybridized carbons (Fsp3) is 0.647. The highest BCUT2D eigenvalue weighted by Gasteiger charge is 2.22. The van der Waals surface area contributed by atoms with Crippen LogP contribution in [0, 0.1) is 0 Å². The molecule has 0 bridgehead atoms. The highest BCUT2D eigenvalue weighted by Crippen LogP contribution is 2.18. The Kier molecular flexibility index (Phi) is 6.51.